The Labute approximate surface area is 109 Å². The quantitative estimate of drug-likeness (QED) is 0.803. The fourth-order valence-electron chi connectivity index (χ4n) is 1.15. The number of sulfone groups is 1. The van der Waals surface area contributed by atoms with Gasteiger partial charge in [0.2, 0.25) is 0 Å². The molecule has 0 aliphatic carbocycles. The van der Waals surface area contributed by atoms with E-state index in [0.29, 0.717) is 15.8 Å². The van der Waals surface area contributed by atoms with E-state index in [4.69, 9.17) is 10.00 Å². The zero-order valence-electron chi connectivity index (χ0n) is 9.27. The van der Waals surface area contributed by atoms with Crippen LogP contribution < -0.4 is 4.74 Å². The highest BCUT2D eigenvalue weighted by molar-refractivity contribution is 9.10. The van der Waals surface area contributed by atoms with E-state index in [1.807, 2.05) is 0 Å². The first-order chi connectivity index (χ1) is 7.88. The lowest BCUT2D eigenvalue weighted by molar-refractivity contribution is 0.412. The Morgan fingerprint density at radius 1 is 1.53 bits per heavy atom. The number of benzene rings is 1. The van der Waals surface area contributed by atoms with Gasteiger partial charge < -0.3 is 4.74 Å². The molecular weight excluding hydrogens is 306 g/mol. The van der Waals surface area contributed by atoms with Crippen molar-refractivity contribution in [2.45, 2.75) is 0 Å². The monoisotopic (exact) mass is 315 g/mol. The zero-order chi connectivity index (χ0) is 13.1. The highest BCUT2D eigenvalue weighted by atomic mass is 79.9. The molecule has 1 aromatic carbocycles. The van der Waals surface area contributed by atoms with Crippen molar-refractivity contribution < 1.29 is 13.2 Å². The fourth-order valence-corrected chi connectivity index (χ4v) is 2.22. The molecule has 0 aromatic heterocycles. The average Bonchev–Trinajstić information content (AvgIpc) is 2.24. The number of rotatable bonds is 3. The van der Waals surface area contributed by atoms with Gasteiger partial charge in [0.15, 0.2) is 9.84 Å². The standard InChI is InChI=1S/C11H10BrNO3S/c1-16-11-4-3-8(6-10(11)12)5-9(7-13)17(2,14)15/h3-6H,1-2H3/b9-5+. The molecule has 0 unspecified atom stereocenters. The summed E-state index contributed by atoms with van der Waals surface area (Å²) in [4.78, 5) is -0.269. The van der Waals surface area contributed by atoms with Crippen molar-refractivity contribution in [2.75, 3.05) is 13.4 Å². The minimum Gasteiger partial charge on any atom is -0.496 e. The van der Waals surface area contributed by atoms with Crippen molar-refractivity contribution in [3.05, 3.63) is 33.1 Å². The van der Waals surface area contributed by atoms with Gasteiger partial charge in [-0.2, -0.15) is 5.26 Å². The molecule has 0 N–H and O–H groups in total. The summed E-state index contributed by atoms with van der Waals surface area (Å²) < 4.78 is 28.2. The third kappa shape index (κ3) is 3.58. The maximum absolute atomic E-state index is 11.2. The van der Waals surface area contributed by atoms with Gasteiger partial charge in [-0.3, -0.25) is 0 Å². The van der Waals surface area contributed by atoms with E-state index >= 15 is 0 Å². The normalized spacial score (nSPS) is 12.0. The van der Waals surface area contributed by atoms with Crippen molar-refractivity contribution >= 4 is 31.8 Å². The molecule has 6 heteroatoms. The van der Waals surface area contributed by atoms with Gasteiger partial charge in [-0.05, 0) is 39.7 Å². The van der Waals surface area contributed by atoms with Gasteiger partial charge in [-0.15, -0.1) is 0 Å². The molecule has 0 atom stereocenters. The summed E-state index contributed by atoms with van der Waals surface area (Å²) in [6.07, 6.45) is 2.32. The van der Waals surface area contributed by atoms with Crippen LogP contribution in [0.4, 0.5) is 0 Å². The summed E-state index contributed by atoms with van der Waals surface area (Å²) in [7, 11) is -1.95. The summed E-state index contributed by atoms with van der Waals surface area (Å²) in [5.41, 5.74) is 0.611. The van der Waals surface area contributed by atoms with E-state index in [-0.39, 0.29) is 4.91 Å². The van der Waals surface area contributed by atoms with Crippen molar-refractivity contribution in [3.8, 4) is 11.8 Å². The molecule has 1 aromatic rings. The molecular formula is C11H10BrNO3S. The lowest BCUT2D eigenvalue weighted by atomic mass is 10.2. The van der Waals surface area contributed by atoms with Crippen LogP contribution in [-0.4, -0.2) is 21.8 Å². The molecule has 0 bridgehead atoms. The van der Waals surface area contributed by atoms with Crippen LogP contribution in [0.1, 0.15) is 5.56 Å². The maximum Gasteiger partial charge on any atom is 0.185 e. The second-order valence-corrected chi connectivity index (χ2v) is 6.13. The molecule has 90 valence electrons. The molecule has 1 rings (SSSR count). The lowest BCUT2D eigenvalue weighted by Crippen LogP contribution is -1.98. The second kappa shape index (κ2) is 5.34. The Balaban J connectivity index is 3.24. The molecule has 0 saturated carbocycles. The van der Waals surface area contributed by atoms with E-state index < -0.39 is 9.84 Å². The number of ether oxygens (including phenoxy) is 1. The van der Waals surface area contributed by atoms with Crippen LogP contribution in [0.2, 0.25) is 0 Å². The van der Waals surface area contributed by atoms with Crippen molar-refractivity contribution in [2.24, 2.45) is 0 Å². The Morgan fingerprint density at radius 2 is 2.18 bits per heavy atom. The van der Waals surface area contributed by atoms with Crippen molar-refractivity contribution in [1.29, 1.82) is 5.26 Å². The predicted octanol–water partition coefficient (Wildman–Crippen LogP) is 2.37. The predicted molar refractivity (Wildman–Crippen MR) is 69.1 cm³/mol. The molecule has 0 saturated heterocycles. The molecule has 0 aliphatic rings. The third-order valence-corrected chi connectivity index (χ3v) is 3.61. The minimum atomic E-state index is -3.49. The molecule has 0 spiro atoms. The first-order valence-corrected chi connectivity index (χ1v) is 7.22. The van der Waals surface area contributed by atoms with Gasteiger partial charge in [-0.25, -0.2) is 8.42 Å². The zero-order valence-corrected chi connectivity index (χ0v) is 11.7. The van der Waals surface area contributed by atoms with Crippen LogP contribution in [0.25, 0.3) is 6.08 Å². The summed E-state index contributed by atoms with van der Waals surface area (Å²) in [6.45, 7) is 0. The topological polar surface area (TPSA) is 67.2 Å². The van der Waals surface area contributed by atoms with Gasteiger partial charge >= 0.3 is 0 Å². The van der Waals surface area contributed by atoms with Crippen LogP contribution in [-0.2, 0) is 9.84 Å². The van der Waals surface area contributed by atoms with Crippen LogP contribution in [0.5, 0.6) is 5.75 Å². The summed E-state index contributed by atoms with van der Waals surface area (Å²) in [6, 6.07) is 6.71. The molecule has 0 heterocycles. The van der Waals surface area contributed by atoms with E-state index in [1.165, 1.54) is 13.2 Å². The SMILES string of the molecule is COc1ccc(/C=C(\C#N)S(C)(=O)=O)cc1Br. The molecule has 0 amide bonds. The lowest BCUT2D eigenvalue weighted by Gasteiger charge is -2.03. The van der Waals surface area contributed by atoms with Crippen LogP contribution in [0, 0.1) is 11.3 Å². The number of hydrogen-bond acceptors (Lipinski definition) is 4. The Bertz CT molecular complexity index is 600. The van der Waals surface area contributed by atoms with E-state index in [2.05, 4.69) is 15.9 Å². The minimum absolute atomic E-state index is 0.269. The van der Waals surface area contributed by atoms with E-state index in [9.17, 15) is 8.42 Å². The third-order valence-electron chi connectivity index (χ3n) is 1.98. The first-order valence-electron chi connectivity index (χ1n) is 4.54. The first kappa shape index (κ1) is 13.7. The smallest absolute Gasteiger partial charge is 0.185 e. The number of nitriles is 1. The highest BCUT2D eigenvalue weighted by Crippen LogP contribution is 2.26. The van der Waals surface area contributed by atoms with Crippen LogP contribution >= 0.6 is 15.9 Å². The van der Waals surface area contributed by atoms with Gasteiger partial charge in [0.05, 0.1) is 11.6 Å². The average molecular weight is 316 g/mol. The molecule has 17 heavy (non-hydrogen) atoms. The molecule has 0 aliphatic heterocycles. The van der Waals surface area contributed by atoms with Gasteiger partial charge in [0.25, 0.3) is 0 Å². The highest BCUT2D eigenvalue weighted by Gasteiger charge is 2.10. The number of nitrogens with zero attached hydrogens (tertiary/aromatic N) is 1. The van der Waals surface area contributed by atoms with Crippen molar-refractivity contribution in [3.63, 3.8) is 0 Å². The second-order valence-electron chi connectivity index (χ2n) is 3.29. The Hall–Kier alpha value is -1.32. The van der Waals surface area contributed by atoms with E-state index in [1.54, 1.807) is 24.3 Å². The largest absolute Gasteiger partial charge is 0.496 e. The molecule has 0 radical (unpaired) electrons. The summed E-state index contributed by atoms with van der Waals surface area (Å²) in [5.74, 6) is 0.639. The molecule has 0 fully saturated rings. The molecule has 4 nitrogen and oxygen atoms in total. The Kier molecular flexibility index (Phi) is 4.32. The van der Waals surface area contributed by atoms with Crippen molar-refractivity contribution in [1.82, 2.24) is 0 Å². The number of methoxy groups -OCH3 is 1. The fraction of sp³-hybridized carbons (Fsp3) is 0.182. The number of hydrogen-bond donors (Lipinski definition) is 0. The maximum atomic E-state index is 11.2. The number of allylic oxidation sites excluding steroid dienone is 1. The Morgan fingerprint density at radius 3 is 2.59 bits per heavy atom. The van der Waals surface area contributed by atoms with Crippen LogP contribution in [0.15, 0.2) is 27.6 Å². The summed E-state index contributed by atoms with van der Waals surface area (Å²) in [5, 5.41) is 8.76. The van der Waals surface area contributed by atoms with Gasteiger partial charge in [0, 0.05) is 6.26 Å². The van der Waals surface area contributed by atoms with E-state index in [0.717, 1.165) is 6.26 Å². The van der Waals surface area contributed by atoms with Crippen LogP contribution in [0.3, 0.4) is 0 Å². The number of halogens is 1. The van der Waals surface area contributed by atoms with Gasteiger partial charge in [-0.1, -0.05) is 6.07 Å². The summed E-state index contributed by atoms with van der Waals surface area (Å²) >= 11 is 3.28. The van der Waals surface area contributed by atoms with Gasteiger partial charge in [0.1, 0.15) is 16.7 Å².